The van der Waals surface area contributed by atoms with Gasteiger partial charge in [-0.3, -0.25) is 10.1 Å². The summed E-state index contributed by atoms with van der Waals surface area (Å²) in [4.78, 5) is 11.5. The molecule has 0 spiro atoms. The molecule has 1 aromatic carbocycles. The van der Waals surface area contributed by atoms with E-state index in [2.05, 4.69) is 34.2 Å². The quantitative estimate of drug-likeness (QED) is 0.636. The first-order valence-electron chi connectivity index (χ1n) is 5.73. The fourth-order valence-corrected chi connectivity index (χ4v) is 3.24. The summed E-state index contributed by atoms with van der Waals surface area (Å²) in [5.41, 5.74) is 1.91. The van der Waals surface area contributed by atoms with Gasteiger partial charge in [-0.2, -0.15) is 0 Å². The summed E-state index contributed by atoms with van der Waals surface area (Å²) < 4.78 is 1.07. The largest absolute Gasteiger partial charge is 0.377 e. The van der Waals surface area contributed by atoms with Crippen LogP contribution in [0.25, 0.3) is 0 Å². The van der Waals surface area contributed by atoms with Gasteiger partial charge in [0, 0.05) is 32.6 Å². The number of anilines is 1. The van der Waals surface area contributed by atoms with E-state index in [1.807, 2.05) is 12.3 Å². The fourth-order valence-electron chi connectivity index (χ4n) is 1.78. The van der Waals surface area contributed by atoms with Crippen molar-refractivity contribution in [3.8, 4) is 0 Å². The normalized spacial score (nSPS) is 12.2. The second kappa shape index (κ2) is 5.71. The second-order valence-corrected chi connectivity index (χ2v) is 6.15. The maximum Gasteiger partial charge on any atom is 0.269 e. The summed E-state index contributed by atoms with van der Waals surface area (Å²) in [6.07, 6.45) is 0. The minimum absolute atomic E-state index is 0.120. The number of nitro groups is 1. The maximum atomic E-state index is 10.7. The smallest absolute Gasteiger partial charge is 0.269 e. The second-order valence-electron chi connectivity index (χ2n) is 4.29. The standard InChI is InChI=1S/C13H13BrN2O2S/c1-8-5-11(16(17)18)3-4-12(8)15-9(2)13-6-10(14)7-19-13/h3-7,9,15H,1-2H3. The first kappa shape index (κ1) is 14.0. The van der Waals surface area contributed by atoms with Crippen LogP contribution in [0.2, 0.25) is 0 Å². The Morgan fingerprint density at radius 2 is 2.16 bits per heavy atom. The average Bonchev–Trinajstić information content (AvgIpc) is 2.78. The molecule has 0 radical (unpaired) electrons. The third-order valence-corrected chi connectivity index (χ3v) is 4.68. The average molecular weight is 341 g/mol. The molecule has 4 nitrogen and oxygen atoms in total. The molecule has 0 saturated carbocycles. The third-order valence-electron chi connectivity index (χ3n) is 2.81. The zero-order valence-electron chi connectivity index (χ0n) is 10.5. The van der Waals surface area contributed by atoms with Crippen LogP contribution in [-0.4, -0.2) is 4.92 Å². The van der Waals surface area contributed by atoms with Gasteiger partial charge in [0.15, 0.2) is 0 Å². The molecule has 2 rings (SSSR count). The van der Waals surface area contributed by atoms with Gasteiger partial charge in [-0.05, 0) is 47.5 Å². The van der Waals surface area contributed by atoms with Crippen molar-refractivity contribution in [2.45, 2.75) is 19.9 Å². The Labute approximate surface area is 123 Å². The fraction of sp³-hybridized carbons (Fsp3) is 0.231. The lowest BCUT2D eigenvalue weighted by molar-refractivity contribution is -0.384. The summed E-state index contributed by atoms with van der Waals surface area (Å²) in [6, 6.07) is 7.10. The Hall–Kier alpha value is -1.40. The van der Waals surface area contributed by atoms with Crippen LogP contribution in [-0.2, 0) is 0 Å². The number of nitrogens with one attached hydrogen (secondary N) is 1. The van der Waals surface area contributed by atoms with Gasteiger partial charge in [0.05, 0.1) is 11.0 Å². The maximum absolute atomic E-state index is 10.7. The summed E-state index contributed by atoms with van der Waals surface area (Å²) in [7, 11) is 0. The molecule has 0 fully saturated rings. The number of thiophene rings is 1. The SMILES string of the molecule is Cc1cc([N+](=O)[O-])ccc1NC(C)c1cc(Br)cs1. The van der Waals surface area contributed by atoms with E-state index < -0.39 is 0 Å². The highest BCUT2D eigenvalue weighted by atomic mass is 79.9. The van der Waals surface area contributed by atoms with Crippen LogP contribution >= 0.6 is 27.3 Å². The van der Waals surface area contributed by atoms with Gasteiger partial charge >= 0.3 is 0 Å². The third kappa shape index (κ3) is 3.33. The molecule has 1 heterocycles. The summed E-state index contributed by atoms with van der Waals surface area (Å²) in [5.74, 6) is 0. The number of aryl methyl sites for hydroxylation is 1. The summed E-state index contributed by atoms with van der Waals surface area (Å²) >= 11 is 5.11. The molecule has 6 heteroatoms. The van der Waals surface area contributed by atoms with Crippen molar-refractivity contribution >= 4 is 38.6 Å². The lowest BCUT2D eigenvalue weighted by Crippen LogP contribution is -2.06. The number of benzene rings is 1. The number of non-ortho nitro benzene ring substituents is 1. The molecule has 0 saturated heterocycles. The van der Waals surface area contributed by atoms with E-state index in [4.69, 9.17) is 0 Å². The predicted molar refractivity (Wildman–Crippen MR) is 81.9 cm³/mol. The van der Waals surface area contributed by atoms with Crippen LogP contribution in [0, 0.1) is 17.0 Å². The number of hydrogen-bond acceptors (Lipinski definition) is 4. The highest BCUT2D eigenvalue weighted by Gasteiger charge is 2.12. The zero-order chi connectivity index (χ0) is 14.0. The molecule has 0 bridgehead atoms. The Kier molecular flexibility index (Phi) is 4.21. The number of hydrogen-bond donors (Lipinski definition) is 1. The van der Waals surface area contributed by atoms with Crippen LogP contribution in [0.5, 0.6) is 0 Å². The molecule has 19 heavy (non-hydrogen) atoms. The molecular formula is C13H13BrN2O2S. The molecule has 1 unspecified atom stereocenters. The highest BCUT2D eigenvalue weighted by molar-refractivity contribution is 9.10. The number of nitrogens with zero attached hydrogens (tertiary/aromatic N) is 1. The minimum Gasteiger partial charge on any atom is -0.377 e. The predicted octanol–water partition coefficient (Wildman–Crippen LogP) is 4.90. The number of rotatable bonds is 4. The van der Waals surface area contributed by atoms with Crippen LogP contribution in [0.4, 0.5) is 11.4 Å². The Morgan fingerprint density at radius 3 is 2.68 bits per heavy atom. The molecular weight excluding hydrogens is 328 g/mol. The lowest BCUT2D eigenvalue weighted by Gasteiger charge is -2.15. The minimum atomic E-state index is -0.378. The Bertz CT molecular complexity index is 612. The van der Waals surface area contributed by atoms with E-state index >= 15 is 0 Å². The monoisotopic (exact) mass is 340 g/mol. The lowest BCUT2D eigenvalue weighted by atomic mass is 10.1. The first-order chi connectivity index (χ1) is 8.97. The van der Waals surface area contributed by atoms with Crippen LogP contribution < -0.4 is 5.32 Å². The molecule has 0 amide bonds. The van der Waals surface area contributed by atoms with E-state index in [1.165, 1.54) is 10.9 Å². The van der Waals surface area contributed by atoms with Crippen LogP contribution in [0.1, 0.15) is 23.4 Å². The van der Waals surface area contributed by atoms with Gasteiger partial charge in [0.1, 0.15) is 0 Å². The molecule has 1 aromatic heterocycles. The van der Waals surface area contributed by atoms with Gasteiger partial charge < -0.3 is 5.32 Å². The molecule has 100 valence electrons. The van der Waals surface area contributed by atoms with Gasteiger partial charge in [0.25, 0.3) is 5.69 Å². The number of nitro benzene ring substituents is 1. The van der Waals surface area contributed by atoms with E-state index in [0.29, 0.717) is 0 Å². The number of halogens is 1. The van der Waals surface area contributed by atoms with Gasteiger partial charge in [-0.25, -0.2) is 0 Å². The van der Waals surface area contributed by atoms with E-state index in [9.17, 15) is 10.1 Å². The van der Waals surface area contributed by atoms with Crippen LogP contribution in [0.15, 0.2) is 34.1 Å². The van der Waals surface area contributed by atoms with Crippen molar-refractivity contribution in [3.05, 3.63) is 54.7 Å². The Morgan fingerprint density at radius 1 is 1.42 bits per heavy atom. The van der Waals surface area contributed by atoms with Crippen molar-refractivity contribution < 1.29 is 4.92 Å². The zero-order valence-corrected chi connectivity index (χ0v) is 12.9. The molecule has 0 aliphatic carbocycles. The summed E-state index contributed by atoms with van der Waals surface area (Å²) in [6.45, 7) is 3.94. The van der Waals surface area contributed by atoms with Crippen molar-refractivity contribution in [1.29, 1.82) is 0 Å². The molecule has 0 aliphatic rings. The van der Waals surface area contributed by atoms with Crippen molar-refractivity contribution in [1.82, 2.24) is 0 Å². The van der Waals surface area contributed by atoms with E-state index in [-0.39, 0.29) is 16.7 Å². The summed E-state index contributed by atoms with van der Waals surface area (Å²) in [5, 5.41) is 16.1. The molecule has 2 aromatic rings. The van der Waals surface area contributed by atoms with Crippen molar-refractivity contribution in [2.24, 2.45) is 0 Å². The topological polar surface area (TPSA) is 55.2 Å². The van der Waals surface area contributed by atoms with Crippen molar-refractivity contribution in [2.75, 3.05) is 5.32 Å². The van der Waals surface area contributed by atoms with E-state index in [1.54, 1.807) is 23.5 Å². The van der Waals surface area contributed by atoms with E-state index in [0.717, 1.165) is 15.7 Å². The van der Waals surface area contributed by atoms with Crippen molar-refractivity contribution in [3.63, 3.8) is 0 Å². The Balaban J connectivity index is 2.17. The first-order valence-corrected chi connectivity index (χ1v) is 7.40. The molecule has 1 N–H and O–H groups in total. The van der Waals surface area contributed by atoms with Gasteiger partial charge in [-0.15, -0.1) is 11.3 Å². The van der Waals surface area contributed by atoms with Gasteiger partial charge in [-0.1, -0.05) is 0 Å². The molecule has 1 atom stereocenters. The molecule has 0 aliphatic heterocycles. The van der Waals surface area contributed by atoms with Gasteiger partial charge in [0.2, 0.25) is 0 Å². The van der Waals surface area contributed by atoms with Crippen LogP contribution in [0.3, 0.4) is 0 Å². The highest BCUT2D eigenvalue weighted by Crippen LogP contribution is 2.29.